The van der Waals surface area contributed by atoms with Crippen LogP contribution in [0.1, 0.15) is 15.9 Å². The fourth-order valence-corrected chi connectivity index (χ4v) is 3.14. The number of carboxylic acids is 1. The molecule has 3 aromatic rings. The zero-order chi connectivity index (χ0) is 24.1. The van der Waals surface area contributed by atoms with Crippen molar-refractivity contribution in [2.75, 3.05) is 20.8 Å². The molecule has 0 fully saturated rings. The standard InChI is InChI=1S/C22H21N3O8/c1-32-15-8-14(9-16(10-15)33-2)25-21(30)18(19(28)23-11-17(26)27)20(29)24(22(25)31)12-13-6-4-3-5-7-13/h3-10,30H,11-12H2,1-2H3,(H,23,28)(H,26,27). The highest BCUT2D eigenvalue weighted by Crippen LogP contribution is 2.27. The van der Waals surface area contributed by atoms with Gasteiger partial charge in [-0.3, -0.25) is 19.0 Å². The topological polar surface area (TPSA) is 149 Å². The molecule has 33 heavy (non-hydrogen) atoms. The third kappa shape index (κ3) is 4.87. The lowest BCUT2D eigenvalue weighted by atomic mass is 10.2. The lowest BCUT2D eigenvalue weighted by Gasteiger charge is -2.17. The molecule has 0 bridgehead atoms. The van der Waals surface area contributed by atoms with Crippen LogP contribution in [0.2, 0.25) is 0 Å². The van der Waals surface area contributed by atoms with Crippen molar-refractivity contribution in [3.8, 4) is 23.1 Å². The van der Waals surface area contributed by atoms with Crippen molar-refractivity contribution in [2.45, 2.75) is 6.54 Å². The Kier molecular flexibility index (Phi) is 6.82. The number of methoxy groups -OCH3 is 2. The molecule has 0 aliphatic rings. The van der Waals surface area contributed by atoms with Gasteiger partial charge in [0.2, 0.25) is 5.88 Å². The molecule has 3 N–H and O–H groups in total. The zero-order valence-corrected chi connectivity index (χ0v) is 17.8. The minimum absolute atomic E-state index is 0.0581. The third-order valence-corrected chi connectivity index (χ3v) is 4.72. The van der Waals surface area contributed by atoms with Crippen LogP contribution in [-0.2, 0) is 11.3 Å². The first-order valence-corrected chi connectivity index (χ1v) is 9.63. The van der Waals surface area contributed by atoms with Gasteiger partial charge in [0.05, 0.1) is 26.5 Å². The van der Waals surface area contributed by atoms with E-state index in [2.05, 4.69) is 0 Å². The second kappa shape index (κ2) is 9.73. The molecule has 11 heteroatoms. The van der Waals surface area contributed by atoms with Gasteiger partial charge in [-0.05, 0) is 5.56 Å². The smallest absolute Gasteiger partial charge is 0.338 e. The van der Waals surface area contributed by atoms with Gasteiger partial charge in [0.1, 0.15) is 18.0 Å². The molecule has 11 nitrogen and oxygen atoms in total. The fourth-order valence-electron chi connectivity index (χ4n) is 3.14. The number of carbonyl (C=O) groups excluding carboxylic acids is 1. The Morgan fingerprint density at radius 3 is 2.15 bits per heavy atom. The molecule has 1 heterocycles. The molecular formula is C22H21N3O8. The number of carboxylic acid groups (broad SMARTS) is 1. The number of nitrogens with one attached hydrogen (secondary N) is 1. The molecule has 0 unspecified atom stereocenters. The average Bonchev–Trinajstić information content (AvgIpc) is 2.80. The van der Waals surface area contributed by atoms with Gasteiger partial charge in [0.25, 0.3) is 11.5 Å². The summed E-state index contributed by atoms with van der Waals surface area (Å²) >= 11 is 0. The lowest BCUT2D eigenvalue weighted by Crippen LogP contribution is -2.44. The normalized spacial score (nSPS) is 10.5. The molecule has 3 rings (SSSR count). The van der Waals surface area contributed by atoms with Gasteiger partial charge in [0, 0.05) is 18.2 Å². The number of ether oxygens (including phenoxy) is 2. The van der Waals surface area contributed by atoms with Crippen molar-refractivity contribution < 1.29 is 29.3 Å². The monoisotopic (exact) mass is 455 g/mol. The van der Waals surface area contributed by atoms with E-state index in [0.717, 1.165) is 9.13 Å². The van der Waals surface area contributed by atoms with Crippen LogP contribution in [0.15, 0.2) is 58.1 Å². The fraction of sp³-hybridized carbons (Fsp3) is 0.182. The number of hydrogen-bond donors (Lipinski definition) is 3. The van der Waals surface area contributed by atoms with Gasteiger partial charge < -0.3 is 25.0 Å². The predicted octanol–water partition coefficient (Wildman–Crippen LogP) is 0.585. The number of aromatic hydroxyl groups is 1. The summed E-state index contributed by atoms with van der Waals surface area (Å²) in [6.07, 6.45) is 0. The Hall–Kier alpha value is -4.54. The Morgan fingerprint density at radius 2 is 1.61 bits per heavy atom. The van der Waals surface area contributed by atoms with Crippen LogP contribution >= 0.6 is 0 Å². The Labute approximate surface area is 187 Å². The third-order valence-electron chi connectivity index (χ3n) is 4.72. The van der Waals surface area contributed by atoms with Gasteiger partial charge >= 0.3 is 11.7 Å². The molecule has 172 valence electrons. The summed E-state index contributed by atoms with van der Waals surface area (Å²) in [5.74, 6) is -2.88. The minimum atomic E-state index is -1.35. The zero-order valence-electron chi connectivity index (χ0n) is 17.8. The quantitative estimate of drug-likeness (QED) is 0.447. The number of amides is 1. The van der Waals surface area contributed by atoms with E-state index < -0.39 is 41.1 Å². The van der Waals surface area contributed by atoms with Crippen LogP contribution in [0.5, 0.6) is 17.4 Å². The van der Waals surface area contributed by atoms with Crippen LogP contribution in [0.4, 0.5) is 0 Å². The van der Waals surface area contributed by atoms with E-state index in [0.29, 0.717) is 5.56 Å². The number of nitrogens with zero attached hydrogens (tertiary/aromatic N) is 2. The largest absolute Gasteiger partial charge is 0.497 e. The Bertz CT molecular complexity index is 1290. The maximum Gasteiger partial charge on any atom is 0.338 e. The molecule has 0 saturated heterocycles. The lowest BCUT2D eigenvalue weighted by molar-refractivity contribution is -0.135. The van der Waals surface area contributed by atoms with Gasteiger partial charge in [-0.25, -0.2) is 9.36 Å². The summed E-state index contributed by atoms with van der Waals surface area (Å²) in [5, 5.41) is 21.7. The van der Waals surface area contributed by atoms with Crippen molar-refractivity contribution in [1.82, 2.24) is 14.5 Å². The summed E-state index contributed by atoms with van der Waals surface area (Å²) in [6, 6.07) is 12.9. The van der Waals surface area contributed by atoms with E-state index in [1.807, 2.05) is 5.32 Å². The van der Waals surface area contributed by atoms with E-state index >= 15 is 0 Å². The Morgan fingerprint density at radius 1 is 1.00 bits per heavy atom. The first-order chi connectivity index (χ1) is 15.8. The number of benzene rings is 2. The van der Waals surface area contributed by atoms with Crippen LogP contribution in [-0.4, -0.2) is 52.0 Å². The van der Waals surface area contributed by atoms with Crippen LogP contribution in [0.3, 0.4) is 0 Å². The predicted molar refractivity (Wildman–Crippen MR) is 117 cm³/mol. The van der Waals surface area contributed by atoms with Crippen molar-refractivity contribution >= 4 is 11.9 Å². The second-order valence-electron chi connectivity index (χ2n) is 6.84. The van der Waals surface area contributed by atoms with Crippen molar-refractivity contribution in [2.24, 2.45) is 0 Å². The molecule has 0 spiro atoms. The van der Waals surface area contributed by atoms with Crippen molar-refractivity contribution in [3.05, 3.63) is 80.5 Å². The summed E-state index contributed by atoms with van der Waals surface area (Å²) < 4.78 is 11.9. The maximum atomic E-state index is 13.3. The van der Waals surface area contributed by atoms with E-state index in [1.54, 1.807) is 30.3 Å². The van der Waals surface area contributed by atoms with E-state index in [1.165, 1.54) is 32.4 Å². The van der Waals surface area contributed by atoms with Gasteiger partial charge in [-0.2, -0.15) is 0 Å². The summed E-state index contributed by atoms with van der Waals surface area (Å²) in [6.45, 7) is -0.985. The van der Waals surface area contributed by atoms with E-state index in [-0.39, 0.29) is 23.7 Å². The molecule has 2 aromatic carbocycles. The molecule has 0 saturated carbocycles. The second-order valence-corrected chi connectivity index (χ2v) is 6.84. The summed E-state index contributed by atoms with van der Waals surface area (Å²) in [7, 11) is 2.78. The first-order valence-electron chi connectivity index (χ1n) is 9.63. The molecular weight excluding hydrogens is 434 g/mol. The maximum absolute atomic E-state index is 13.3. The average molecular weight is 455 g/mol. The number of rotatable bonds is 8. The number of carbonyl (C=O) groups is 2. The summed E-state index contributed by atoms with van der Waals surface area (Å²) in [5.41, 5.74) is -2.13. The van der Waals surface area contributed by atoms with Crippen LogP contribution < -0.4 is 26.0 Å². The first kappa shape index (κ1) is 23.1. The Balaban J connectivity index is 2.30. The molecule has 1 aromatic heterocycles. The van der Waals surface area contributed by atoms with Gasteiger partial charge in [0.15, 0.2) is 5.56 Å². The van der Waals surface area contributed by atoms with Crippen LogP contribution in [0, 0.1) is 0 Å². The molecule has 0 aliphatic carbocycles. The van der Waals surface area contributed by atoms with Gasteiger partial charge in [-0.1, -0.05) is 30.3 Å². The number of aliphatic carboxylic acids is 1. The van der Waals surface area contributed by atoms with Crippen LogP contribution in [0.25, 0.3) is 5.69 Å². The molecule has 0 radical (unpaired) electrons. The summed E-state index contributed by atoms with van der Waals surface area (Å²) in [4.78, 5) is 49.9. The highest BCUT2D eigenvalue weighted by molar-refractivity contribution is 5.97. The number of aromatic nitrogens is 2. The molecule has 0 aliphatic heterocycles. The van der Waals surface area contributed by atoms with E-state index in [4.69, 9.17) is 14.6 Å². The van der Waals surface area contributed by atoms with Crippen molar-refractivity contribution in [1.29, 1.82) is 0 Å². The minimum Gasteiger partial charge on any atom is -0.497 e. The highest BCUT2D eigenvalue weighted by Gasteiger charge is 2.26. The van der Waals surface area contributed by atoms with Crippen molar-refractivity contribution in [3.63, 3.8) is 0 Å². The SMILES string of the molecule is COc1cc(OC)cc(-n2c(O)c(C(=O)NCC(=O)O)c(=O)n(Cc3ccccc3)c2=O)c1. The molecule has 0 atom stereocenters. The number of hydrogen-bond acceptors (Lipinski definition) is 7. The van der Waals surface area contributed by atoms with Gasteiger partial charge in [-0.15, -0.1) is 0 Å². The highest BCUT2D eigenvalue weighted by atomic mass is 16.5. The molecule has 1 amide bonds. The van der Waals surface area contributed by atoms with E-state index in [9.17, 15) is 24.3 Å².